The van der Waals surface area contributed by atoms with E-state index in [-0.39, 0.29) is 0 Å². The summed E-state index contributed by atoms with van der Waals surface area (Å²) in [5.41, 5.74) is 0. The summed E-state index contributed by atoms with van der Waals surface area (Å²) in [6, 6.07) is 3.90. The zero-order valence-electron chi connectivity index (χ0n) is 8.42. The molecular weight excluding hydrogens is 164 g/mol. The lowest BCUT2D eigenvalue weighted by atomic mass is 10.3. The first-order valence-corrected chi connectivity index (χ1v) is 4.47. The monoisotopic (exact) mass is 180 g/mol. The minimum Gasteiger partial charge on any atom is -0.464 e. The second kappa shape index (κ2) is 4.12. The zero-order valence-corrected chi connectivity index (χ0v) is 8.42. The molecule has 1 aromatic rings. The predicted molar refractivity (Wildman–Crippen MR) is 52.9 cm³/mol. The van der Waals surface area contributed by atoms with Crippen LogP contribution in [0.3, 0.4) is 0 Å². The van der Waals surface area contributed by atoms with E-state index < -0.39 is 0 Å². The summed E-state index contributed by atoms with van der Waals surface area (Å²) in [7, 11) is 1.91. The molecule has 0 atom stereocenters. The second-order valence-electron chi connectivity index (χ2n) is 3.17. The van der Waals surface area contributed by atoms with Crippen LogP contribution in [-0.2, 0) is 6.54 Å². The number of hydrogen-bond acceptors (Lipinski definition) is 2. The van der Waals surface area contributed by atoms with Crippen LogP contribution < -0.4 is 0 Å². The van der Waals surface area contributed by atoms with Crippen molar-refractivity contribution < 1.29 is 4.42 Å². The standard InChI is InChI=1S/C10H16N2O/c1-4-10(11)12(3)7-9-6-5-8(2)13-9/h5-6,11H,4,7H2,1-3H3. The zero-order chi connectivity index (χ0) is 9.84. The van der Waals surface area contributed by atoms with Gasteiger partial charge in [0.1, 0.15) is 11.5 Å². The number of nitrogens with zero attached hydrogens (tertiary/aromatic N) is 1. The SMILES string of the molecule is CCC(=N)N(C)Cc1ccc(C)o1. The Kier molecular flexibility index (Phi) is 3.12. The smallest absolute Gasteiger partial charge is 0.123 e. The third-order valence-electron chi connectivity index (χ3n) is 1.98. The Bertz CT molecular complexity index is 291. The highest BCUT2D eigenvalue weighted by Gasteiger charge is 2.05. The molecule has 13 heavy (non-hydrogen) atoms. The van der Waals surface area contributed by atoms with Gasteiger partial charge in [0.05, 0.1) is 12.4 Å². The van der Waals surface area contributed by atoms with Gasteiger partial charge in [-0.15, -0.1) is 0 Å². The van der Waals surface area contributed by atoms with E-state index in [0.29, 0.717) is 12.4 Å². The maximum Gasteiger partial charge on any atom is 0.123 e. The Hall–Kier alpha value is -1.25. The largest absolute Gasteiger partial charge is 0.464 e. The highest BCUT2D eigenvalue weighted by molar-refractivity contribution is 5.78. The lowest BCUT2D eigenvalue weighted by Gasteiger charge is -2.17. The Morgan fingerprint density at radius 1 is 1.54 bits per heavy atom. The first-order chi connectivity index (χ1) is 6.13. The molecule has 1 heterocycles. The van der Waals surface area contributed by atoms with Gasteiger partial charge in [0.15, 0.2) is 0 Å². The van der Waals surface area contributed by atoms with E-state index in [4.69, 9.17) is 9.83 Å². The van der Waals surface area contributed by atoms with E-state index in [9.17, 15) is 0 Å². The van der Waals surface area contributed by atoms with Gasteiger partial charge in [-0.3, -0.25) is 5.41 Å². The predicted octanol–water partition coefficient (Wildman–Crippen LogP) is 2.41. The van der Waals surface area contributed by atoms with Crippen molar-refractivity contribution >= 4 is 5.84 Å². The Morgan fingerprint density at radius 3 is 2.69 bits per heavy atom. The van der Waals surface area contributed by atoms with E-state index in [1.807, 2.05) is 37.9 Å². The average Bonchev–Trinajstić information content (AvgIpc) is 2.49. The fourth-order valence-corrected chi connectivity index (χ4v) is 1.17. The van der Waals surface area contributed by atoms with Crippen molar-refractivity contribution in [3.8, 4) is 0 Å². The van der Waals surface area contributed by atoms with Crippen molar-refractivity contribution in [1.82, 2.24) is 4.90 Å². The van der Waals surface area contributed by atoms with Gasteiger partial charge in [-0.25, -0.2) is 0 Å². The molecule has 0 aliphatic heterocycles. The van der Waals surface area contributed by atoms with Crippen LogP contribution in [0, 0.1) is 12.3 Å². The van der Waals surface area contributed by atoms with E-state index >= 15 is 0 Å². The molecule has 0 amide bonds. The summed E-state index contributed by atoms with van der Waals surface area (Å²) in [6.45, 7) is 4.58. The lowest BCUT2D eigenvalue weighted by molar-refractivity contribution is 0.394. The molecule has 0 spiro atoms. The van der Waals surface area contributed by atoms with Gasteiger partial charge in [0, 0.05) is 13.5 Å². The molecule has 0 unspecified atom stereocenters. The molecular formula is C10H16N2O. The number of aryl methyl sites for hydroxylation is 1. The minimum atomic E-state index is 0.633. The maximum atomic E-state index is 7.58. The Morgan fingerprint density at radius 2 is 2.23 bits per heavy atom. The number of rotatable bonds is 3. The molecule has 0 bridgehead atoms. The molecule has 0 aliphatic carbocycles. The fraction of sp³-hybridized carbons (Fsp3) is 0.500. The van der Waals surface area contributed by atoms with Crippen LogP contribution in [0.15, 0.2) is 16.5 Å². The number of amidine groups is 1. The van der Waals surface area contributed by atoms with E-state index in [2.05, 4.69) is 0 Å². The van der Waals surface area contributed by atoms with Crippen LogP contribution >= 0.6 is 0 Å². The van der Waals surface area contributed by atoms with Gasteiger partial charge in [-0.1, -0.05) is 6.92 Å². The molecule has 0 saturated heterocycles. The first kappa shape index (κ1) is 9.84. The molecule has 0 aliphatic rings. The van der Waals surface area contributed by atoms with E-state index in [1.54, 1.807) is 0 Å². The molecule has 0 fully saturated rings. The summed E-state index contributed by atoms with van der Waals surface area (Å²) in [4.78, 5) is 1.89. The maximum absolute atomic E-state index is 7.58. The lowest BCUT2D eigenvalue weighted by Crippen LogP contribution is -2.24. The van der Waals surface area contributed by atoms with Crippen LogP contribution in [0.25, 0.3) is 0 Å². The quantitative estimate of drug-likeness (QED) is 0.573. The van der Waals surface area contributed by atoms with Crippen molar-refractivity contribution in [2.45, 2.75) is 26.8 Å². The van der Waals surface area contributed by atoms with Crippen LogP contribution in [0.4, 0.5) is 0 Å². The summed E-state index contributed by atoms with van der Waals surface area (Å²) in [6.07, 6.45) is 0.760. The summed E-state index contributed by atoms with van der Waals surface area (Å²) in [5, 5.41) is 7.58. The first-order valence-electron chi connectivity index (χ1n) is 4.47. The van der Waals surface area contributed by atoms with Crippen LogP contribution in [-0.4, -0.2) is 17.8 Å². The normalized spacial score (nSPS) is 10.1. The molecule has 3 heteroatoms. The van der Waals surface area contributed by atoms with Crippen LogP contribution in [0.1, 0.15) is 24.9 Å². The van der Waals surface area contributed by atoms with Crippen LogP contribution in [0.5, 0.6) is 0 Å². The minimum absolute atomic E-state index is 0.633. The average molecular weight is 180 g/mol. The number of nitrogens with one attached hydrogen (secondary N) is 1. The van der Waals surface area contributed by atoms with Gasteiger partial charge in [0.25, 0.3) is 0 Å². The molecule has 72 valence electrons. The van der Waals surface area contributed by atoms with Crippen molar-refractivity contribution in [3.05, 3.63) is 23.7 Å². The molecule has 0 aromatic carbocycles. The Labute approximate surface area is 78.9 Å². The molecule has 0 saturated carbocycles. The third-order valence-corrected chi connectivity index (χ3v) is 1.98. The summed E-state index contributed by atoms with van der Waals surface area (Å²) >= 11 is 0. The summed E-state index contributed by atoms with van der Waals surface area (Å²) < 4.78 is 5.41. The van der Waals surface area contributed by atoms with E-state index in [1.165, 1.54) is 0 Å². The van der Waals surface area contributed by atoms with Crippen LogP contribution in [0.2, 0.25) is 0 Å². The highest BCUT2D eigenvalue weighted by atomic mass is 16.3. The van der Waals surface area contributed by atoms with Gasteiger partial charge >= 0.3 is 0 Å². The van der Waals surface area contributed by atoms with Gasteiger partial charge in [-0.2, -0.15) is 0 Å². The topological polar surface area (TPSA) is 40.2 Å². The number of hydrogen-bond donors (Lipinski definition) is 1. The summed E-state index contributed by atoms with van der Waals surface area (Å²) in [5.74, 6) is 2.47. The molecule has 3 nitrogen and oxygen atoms in total. The van der Waals surface area contributed by atoms with Crippen molar-refractivity contribution in [2.24, 2.45) is 0 Å². The van der Waals surface area contributed by atoms with Crippen molar-refractivity contribution in [1.29, 1.82) is 5.41 Å². The second-order valence-corrected chi connectivity index (χ2v) is 3.17. The van der Waals surface area contributed by atoms with Gasteiger partial charge in [-0.05, 0) is 19.1 Å². The third kappa shape index (κ3) is 2.61. The van der Waals surface area contributed by atoms with Crippen molar-refractivity contribution in [3.63, 3.8) is 0 Å². The Balaban J connectivity index is 2.54. The fourth-order valence-electron chi connectivity index (χ4n) is 1.17. The van der Waals surface area contributed by atoms with Gasteiger partial charge < -0.3 is 9.32 Å². The number of furan rings is 1. The van der Waals surface area contributed by atoms with E-state index in [0.717, 1.165) is 17.9 Å². The van der Waals surface area contributed by atoms with Crippen molar-refractivity contribution in [2.75, 3.05) is 7.05 Å². The van der Waals surface area contributed by atoms with Gasteiger partial charge in [0.2, 0.25) is 0 Å². The molecule has 1 N–H and O–H groups in total. The molecule has 0 radical (unpaired) electrons. The molecule has 1 rings (SSSR count). The molecule has 1 aromatic heterocycles. The highest BCUT2D eigenvalue weighted by Crippen LogP contribution is 2.08.